The van der Waals surface area contributed by atoms with Gasteiger partial charge in [0.15, 0.2) is 13.2 Å². The number of carbonyl (C=O) groups excluding carboxylic acids is 2. The normalized spacial score (nSPS) is 10.6. The van der Waals surface area contributed by atoms with Gasteiger partial charge in [-0.25, -0.2) is 4.79 Å². The second-order valence-electron chi connectivity index (χ2n) is 6.51. The molecule has 0 radical (unpaired) electrons. The Balaban J connectivity index is 1.79. The van der Waals surface area contributed by atoms with Gasteiger partial charge in [0.05, 0.1) is 0 Å². The molecule has 144 valence electrons. The first-order valence-corrected chi connectivity index (χ1v) is 9.13. The molecule has 0 aromatic heterocycles. The maximum atomic E-state index is 11.9. The van der Waals surface area contributed by atoms with Crippen molar-refractivity contribution in [2.45, 2.75) is 33.2 Å². The summed E-state index contributed by atoms with van der Waals surface area (Å²) < 4.78 is 10.6. The molecule has 6 heteroatoms. The fourth-order valence-electron chi connectivity index (χ4n) is 2.42. The van der Waals surface area contributed by atoms with Crippen LogP contribution >= 0.6 is 11.6 Å². The van der Waals surface area contributed by atoms with E-state index < -0.39 is 5.97 Å². The first-order valence-electron chi connectivity index (χ1n) is 8.76. The van der Waals surface area contributed by atoms with Crippen molar-refractivity contribution in [2.24, 2.45) is 0 Å². The van der Waals surface area contributed by atoms with Crippen LogP contribution in [0, 0.1) is 6.92 Å². The average molecular weight is 390 g/mol. The van der Waals surface area contributed by atoms with E-state index in [-0.39, 0.29) is 25.0 Å². The molecule has 0 aliphatic carbocycles. The molecule has 0 aliphatic heterocycles. The Kier molecular flexibility index (Phi) is 7.67. The van der Waals surface area contributed by atoms with Gasteiger partial charge in [-0.2, -0.15) is 0 Å². The Labute approximate surface area is 164 Å². The third-order valence-electron chi connectivity index (χ3n) is 3.96. The summed E-state index contributed by atoms with van der Waals surface area (Å²) >= 11 is 6.16. The van der Waals surface area contributed by atoms with Crippen LogP contribution in [-0.4, -0.2) is 25.1 Å². The molecule has 2 aromatic rings. The van der Waals surface area contributed by atoms with Crippen molar-refractivity contribution in [3.63, 3.8) is 0 Å². The van der Waals surface area contributed by atoms with Gasteiger partial charge < -0.3 is 14.8 Å². The predicted molar refractivity (Wildman–Crippen MR) is 105 cm³/mol. The van der Waals surface area contributed by atoms with Crippen molar-refractivity contribution in [1.82, 2.24) is 5.32 Å². The van der Waals surface area contributed by atoms with Crippen LogP contribution in [0.2, 0.25) is 5.02 Å². The number of halogens is 1. The molecule has 0 saturated heterocycles. The van der Waals surface area contributed by atoms with E-state index in [1.165, 1.54) is 0 Å². The summed E-state index contributed by atoms with van der Waals surface area (Å²) in [7, 11) is 0. The van der Waals surface area contributed by atoms with Crippen molar-refractivity contribution in [2.75, 3.05) is 13.2 Å². The maximum absolute atomic E-state index is 11.9. The average Bonchev–Trinajstić information content (AvgIpc) is 2.65. The SMILES string of the molecule is Cc1cc(OCC(=O)OCC(=O)NCc2ccccc2)c(C(C)C)cc1Cl. The van der Waals surface area contributed by atoms with Gasteiger partial charge >= 0.3 is 5.97 Å². The molecular weight excluding hydrogens is 366 g/mol. The molecule has 1 amide bonds. The topological polar surface area (TPSA) is 64.6 Å². The lowest BCUT2D eigenvalue weighted by molar-refractivity contribution is -0.150. The number of hydrogen-bond acceptors (Lipinski definition) is 4. The zero-order valence-corrected chi connectivity index (χ0v) is 16.5. The van der Waals surface area contributed by atoms with Crippen LogP contribution in [0.5, 0.6) is 5.75 Å². The molecule has 0 bridgehead atoms. The lowest BCUT2D eigenvalue weighted by Gasteiger charge is -2.15. The Morgan fingerprint density at radius 2 is 1.81 bits per heavy atom. The van der Waals surface area contributed by atoms with Gasteiger partial charge in [0.1, 0.15) is 5.75 Å². The first kappa shape index (κ1) is 20.8. The highest BCUT2D eigenvalue weighted by Gasteiger charge is 2.14. The van der Waals surface area contributed by atoms with Crippen molar-refractivity contribution >= 4 is 23.5 Å². The summed E-state index contributed by atoms with van der Waals surface area (Å²) in [6, 6.07) is 13.1. The zero-order valence-electron chi connectivity index (χ0n) is 15.8. The number of benzene rings is 2. The van der Waals surface area contributed by atoms with E-state index in [1.54, 1.807) is 6.07 Å². The number of carbonyl (C=O) groups is 2. The van der Waals surface area contributed by atoms with Crippen molar-refractivity contribution in [1.29, 1.82) is 0 Å². The van der Waals surface area contributed by atoms with Crippen molar-refractivity contribution in [3.8, 4) is 5.75 Å². The smallest absolute Gasteiger partial charge is 0.344 e. The van der Waals surface area contributed by atoms with Crippen LogP contribution in [0.25, 0.3) is 0 Å². The predicted octanol–water partition coefficient (Wildman–Crippen LogP) is 4.01. The molecule has 27 heavy (non-hydrogen) atoms. The summed E-state index contributed by atoms with van der Waals surface area (Å²) in [5, 5.41) is 3.35. The molecule has 0 atom stereocenters. The minimum Gasteiger partial charge on any atom is -0.482 e. The minimum absolute atomic E-state index is 0.192. The third-order valence-corrected chi connectivity index (χ3v) is 4.36. The van der Waals surface area contributed by atoms with Gasteiger partial charge in [-0.15, -0.1) is 0 Å². The number of amides is 1. The van der Waals surface area contributed by atoms with E-state index in [1.807, 2.05) is 57.2 Å². The number of esters is 1. The van der Waals surface area contributed by atoms with E-state index in [4.69, 9.17) is 21.1 Å². The van der Waals surface area contributed by atoms with E-state index in [2.05, 4.69) is 5.32 Å². The van der Waals surface area contributed by atoms with E-state index >= 15 is 0 Å². The summed E-state index contributed by atoms with van der Waals surface area (Å²) in [6.45, 7) is 5.68. The molecule has 2 aromatic carbocycles. The first-order chi connectivity index (χ1) is 12.9. The number of hydrogen-bond donors (Lipinski definition) is 1. The molecule has 0 saturated carbocycles. The fraction of sp³-hybridized carbons (Fsp3) is 0.333. The number of rotatable bonds is 8. The lowest BCUT2D eigenvalue weighted by Crippen LogP contribution is -2.29. The highest BCUT2D eigenvalue weighted by Crippen LogP contribution is 2.31. The van der Waals surface area contributed by atoms with Crippen LogP contribution in [0.15, 0.2) is 42.5 Å². The van der Waals surface area contributed by atoms with E-state index in [9.17, 15) is 9.59 Å². The van der Waals surface area contributed by atoms with Crippen molar-refractivity contribution < 1.29 is 19.1 Å². The quantitative estimate of drug-likeness (QED) is 0.693. The van der Waals surface area contributed by atoms with Gasteiger partial charge in [-0.1, -0.05) is 55.8 Å². The van der Waals surface area contributed by atoms with Crippen LogP contribution < -0.4 is 10.1 Å². The van der Waals surface area contributed by atoms with Gasteiger partial charge in [-0.05, 0) is 41.7 Å². The molecule has 0 fully saturated rings. The monoisotopic (exact) mass is 389 g/mol. The van der Waals surface area contributed by atoms with Crippen LogP contribution in [-0.2, 0) is 20.9 Å². The van der Waals surface area contributed by atoms with Gasteiger partial charge in [0, 0.05) is 11.6 Å². The second-order valence-corrected chi connectivity index (χ2v) is 6.91. The molecule has 5 nitrogen and oxygen atoms in total. The molecule has 0 aliphatic rings. The molecular formula is C21H24ClNO4. The lowest BCUT2D eigenvalue weighted by atomic mass is 10.0. The molecule has 0 heterocycles. The Hall–Kier alpha value is -2.53. The maximum Gasteiger partial charge on any atom is 0.344 e. The van der Waals surface area contributed by atoms with Gasteiger partial charge in [0.2, 0.25) is 0 Å². The summed E-state index contributed by atoms with van der Waals surface area (Å²) in [5.74, 6) is -0.181. The van der Waals surface area contributed by atoms with Crippen molar-refractivity contribution in [3.05, 3.63) is 64.2 Å². The summed E-state index contributed by atoms with van der Waals surface area (Å²) in [6.07, 6.45) is 0. The molecule has 0 spiro atoms. The number of ether oxygens (including phenoxy) is 2. The van der Waals surface area contributed by atoms with Crippen LogP contribution in [0.1, 0.15) is 36.5 Å². The van der Waals surface area contributed by atoms with Crippen LogP contribution in [0.3, 0.4) is 0 Å². The van der Waals surface area contributed by atoms with Gasteiger partial charge in [0.25, 0.3) is 5.91 Å². The summed E-state index contributed by atoms with van der Waals surface area (Å²) in [4.78, 5) is 23.7. The second kappa shape index (κ2) is 9.97. The standard InChI is InChI=1S/C21H24ClNO4/c1-14(2)17-10-18(22)15(3)9-19(17)26-13-21(25)27-12-20(24)23-11-16-7-5-4-6-8-16/h4-10,14H,11-13H2,1-3H3,(H,23,24). The number of aryl methyl sites for hydroxylation is 1. The van der Waals surface area contributed by atoms with Gasteiger partial charge in [-0.3, -0.25) is 4.79 Å². The highest BCUT2D eigenvalue weighted by molar-refractivity contribution is 6.31. The van der Waals surface area contributed by atoms with E-state index in [0.717, 1.165) is 16.7 Å². The molecule has 1 N–H and O–H groups in total. The highest BCUT2D eigenvalue weighted by atomic mass is 35.5. The zero-order chi connectivity index (χ0) is 19.8. The summed E-state index contributed by atoms with van der Waals surface area (Å²) in [5.41, 5.74) is 2.75. The Morgan fingerprint density at radius 3 is 2.48 bits per heavy atom. The Morgan fingerprint density at radius 1 is 1.11 bits per heavy atom. The fourth-order valence-corrected chi connectivity index (χ4v) is 2.59. The minimum atomic E-state index is -0.604. The van der Waals surface area contributed by atoms with Crippen LogP contribution in [0.4, 0.5) is 0 Å². The molecule has 0 unspecified atom stereocenters. The third kappa shape index (κ3) is 6.61. The van der Waals surface area contributed by atoms with E-state index in [0.29, 0.717) is 17.3 Å². The largest absolute Gasteiger partial charge is 0.482 e. The Bertz CT molecular complexity index is 790. The number of nitrogens with one attached hydrogen (secondary N) is 1. The molecule has 2 rings (SSSR count).